The van der Waals surface area contributed by atoms with Crippen LogP contribution in [0.1, 0.15) is 23.1 Å². The van der Waals surface area contributed by atoms with Crippen molar-refractivity contribution in [1.29, 1.82) is 0 Å². The number of amidine groups is 1. The van der Waals surface area contributed by atoms with Crippen molar-refractivity contribution in [3.8, 4) is 0 Å². The number of benzene rings is 3. The second-order valence-corrected chi connectivity index (χ2v) is 9.70. The molecule has 8 heteroatoms. The summed E-state index contributed by atoms with van der Waals surface area (Å²) in [6.45, 7) is 4.20. The van der Waals surface area contributed by atoms with Crippen molar-refractivity contribution in [2.45, 2.75) is 32.1 Å². The number of carbonyl (C=O) groups is 2. The molecule has 34 heavy (non-hydrogen) atoms. The Hall–Kier alpha value is -3.16. The van der Waals surface area contributed by atoms with E-state index in [1.165, 1.54) is 36.0 Å². The van der Waals surface area contributed by atoms with E-state index in [1.807, 2.05) is 44.2 Å². The van der Waals surface area contributed by atoms with Crippen molar-refractivity contribution in [3.05, 3.63) is 94.3 Å². The molecule has 174 valence electrons. The minimum Gasteiger partial charge on any atom is -0.325 e. The van der Waals surface area contributed by atoms with Crippen LogP contribution in [-0.2, 0) is 16.1 Å². The molecule has 1 fully saturated rings. The first-order valence-corrected chi connectivity index (χ1v) is 12.0. The van der Waals surface area contributed by atoms with Crippen LogP contribution in [0.2, 0.25) is 5.02 Å². The molecule has 0 bridgehead atoms. The Balaban J connectivity index is 1.60. The first kappa shape index (κ1) is 24.0. The van der Waals surface area contributed by atoms with Crippen LogP contribution in [0.15, 0.2) is 71.7 Å². The minimum atomic E-state index is -0.645. The van der Waals surface area contributed by atoms with Crippen LogP contribution in [0.4, 0.5) is 15.8 Å². The second-order valence-electron chi connectivity index (χ2n) is 8.10. The fourth-order valence-corrected chi connectivity index (χ4v) is 4.79. The van der Waals surface area contributed by atoms with Gasteiger partial charge in [-0.1, -0.05) is 53.2 Å². The van der Waals surface area contributed by atoms with Gasteiger partial charge in [0.05, 0.1) is 12.2 Å². The van der Waals surface area contributed by atoms with Gasteiger partial charge in [0.25, 0.3) is 0 Å². The van der Waals surface area contributed by atoms with Crippen molar-refractivity contribution in [1.82, 2.24) is 4.90 Å². The normalized spacial score (nSPS) is 17.2. The average molecular weight is 496 g/mol. The number of carbonyl (C=O) groups excluding carboxylic acids is 2. The van der Waals surface area contributed by atoms with Gasteiger partial charge in [0.15, 0.2) is 5.17 Å². The third kappa shape index (κ3) is 5.85. The van der Waals surface area contributed by atoms with Crippen LogP contribution in [0.5, 0.6) is 0 Å². The fraction of sp³-hybridized carbons (Fsp3) is 0.192. The molecular formula is C26H23ClFN3O2S. The Bertz CT molecular complexity index is 1250. The number of aliphatic imine (C=N–C) groups is 1. The number of hydrogen-bond acceptors (Lipinski definition) is 4. The van der Waals surface area contributed by atoms with Crippen molar-refractivity contribution >= 4 is 51.7 Å². The van der Waals surface area contributed by atoms with Gasteiger partial charge in [-0.25, -0.2) is 9.38 Å². The maximum atomic E-state index is 13.4. The van der Waals surface area contributed by atoms with E-state index in [4.69, 9.17) is 11.6 Å². The quantitative estimate of drug-likeness (QED) is 0.454. The van der Waals surface area contributed by atoms with E-state index < -0.39 is 5.25 Å². The van der Waals surface area contributed by atoms with Crippen molar-refractivity contribution < 1.29 is 14.0 Å². The van der Waals surface area contributed by atoms with Crippen LogP contribution in [0, 0.1) is 19.7 Å². The Kier molecular flexibility index (Phi) is 7.34. The third-order valence-corrected chi connectivity index (χ3v) is 6.82. The van der Waals surface area contributed by atoms with Crippen molar-refractivity contribution in [2.75, 3.05) is 5.32 Å². The van der Waals surface area contributed by atoms with Gasteiger partial charge in [-0.2, -0.15) is 0 Å². The molecule has 1 aliphatic heterocycles. The number of aryl methyl sites for hydroxylation is 2. The van der Waals surface area contributed by atoms with Crippen LogP contribution >= 0.6 is 23.4 Å². The van der Waals surface area contributed by atoms with E-state index in [2.05, 4.69) is 10.3 Å². The number of thioether (sulfide) groups is 1. The Morgan fingerprint density at radius 1 is 1.12 bits per heavy atom. The Labute approximate surface area is 207 Å². The number of amides is 2. The second kappa shape index (κ2) is 10.4. The molecule has 0 saturated carbocycles. The minimum absolute atomic E-state index is 0.0391. The number of rotatable bonds is 5. The zero-order valence-corrected chi connectivity index (χ0v) is 20.3. The number of hydrogen-bond donors (Lipinski definition) is 1. The zero-order valence-electron chi connectivity index (χ0n) is 18.7. The molecule has 1 aliphatic rings. The van der Waals surface area contributed by atoms with E-state index in [9.17, 15) is 14.0 Å². The Morgan fingerprint density at radius 2 is 1.82 bits per heavy atom. The first-order valence-electron chi connectivity index (χ1n) is 10.7. The summed E-state index contributed by atoms with van der Waals surface area (Å²) in [4.78, 5) is 32.4. The molecule has 3 aromatic carbocycles. The number of halogens is 2. The SMILES string of the molecule is Cc1ccc(NC(=O)C2CC(=O)N(Cc3ccc(Cl)cc3)C(=Nc3ccc(F)cc3)S2)c(C)c1. The maximum absolute atomic E-state index is 13.4. The average Bonchev–Trinajstić information content (AvgIpc) is 2.80. The summed E-state index contributed by atoms with van der Waals surface area (Å²) in [7, 11) is 0. The summed E-state index contributed by atoms with van der Waals surface area (Å²) < 4.78 is 13.4. The highest BCUT2D eigenvalue weighted by Crippen LogP contribution is 2.31. The molecule has 1 N–H and O–H groups in total. The standard InChI is InChI=1S/C26H23ClFN3O2S/c1-16-3-12-22(17(2)13-16)30-25(33)23-14-24(32)31(15-18-4-6-19(27)7-5-18)26(34-23)29-21-10-8-20(28)9-11-21/h3-13,23H,14-15H2,1-2H3,(H,30,33). The summed E-state index contributed by atoms with van der Waals surface area (Å²) in [6, 6.07) is 18.7. The maximum Gasteiger partial charge on any atom is 0.238 e. The number of anilines is 1. The van der Waals surface area contributed by atoms with E-state index in [-0.39, 0.29) is 30.6 Å². The Morgan fingerprint density at radius 3 is 2.50 bits per heavy atom. The molecule has 0 aromatic heterocycles. The van der Waals surface area contributed by atoms with E-state index in [0.29, 0.717) is 21.6 Å². The summed E-state index contributed by atoms with van der Waals surface area (Å²) >= 11 is 7.21. The van der Waals surface area contributed by atoms with Gasteiger partial charge < -0.3 is 5.32 Å². The highest BCUT2D eigenvalue weighted by atomic mass is 35.5. The predicted octanol–water partition coefficient (Wildman–Crippen LogP) is 6.26. The number of nitrogens with zero attached hydrogens (tertiary/aromatic N) is 2. The summed E-state index contributed by atoms with van der Waals surface area (Å²) in [5, 5.41) is 3.29. The lowest BCUT2D eigenvalue weighted by molar-refractivity contribution is -0.129. The molecule has 1 heterocycles. The molecule has 1 unspecified atom stereocenters. The molecule has 0 radical (unpaired) electrons. The van der Waals surface area contributed by atoms with Gasteiger partial charge >= 0.3 is 0 Å². The predicted molar refractivity (Wildman–Crippen MR) is 136 cm³/mol. The molecular weight excluding hydrogens is 473 g/mol. The fourth-order valence-electron chi connectivity index (χ4n) is 3.56. The summed E-state index contributed by atoms with van der Waals surface area (Å²) in [6.07, 6.45) is 0.0391. The summed E-state index contributed by atoms with van der Waals surface area (Å²) in [5.41, 5.74) is 4.13. The lowest BCUT2D eigenvalue weighted by atomic mass is 10.1. The molecule has 0 spiro atoms. The van der Waals surface area contributed by atoms with E-state index in [0.717, 1.165) is 16.7 Å². The largest absolute Gasteiger partial charge is 0.325 e. The highest BCUT2D eigenvalue weighted by molar-refractivity contribution is 8.15. The lowest BCUT2D eigenvalue weighted by Crippen LogP contribution is -2.44. The van der Waals surface area contributed by atoms with Gasteiger partial charge in [0.2, 0.25) is 11.8 Å². The van der Waals surface area contributed by atoms with E-state index in [1.54, 1.807) is 17.0 Å². The van der Waals surface area contributed by atoms with Crippen molar-refractivity contribution in [2.24, 2.45) is 4.99 Å². The van der Waals surface area contributed by atoms with Crippen molar-refractivity contribution in [3.63, 3.8) is 0 Å². The third-order valence-electron chi connectivity index (χ3n) is 5.38. The topological polar surface area (TPSA) is 61.8 Å². The van der Waals surface area contributed by atoms with Gasteiger partial charge in [0.1, 0.15) is 11.1 Å². The van der Waals surface area contributed by atoms with Crippen LogP contribution in [-0.4, -0.2) is 27.1 Å². The molecule has 0 aliphatic carbocycles. The van der Waals surface area contributed by atoms with Gasteiger partial charge in [-0.3, -0.25) is 14.5 Å². The van der Waals surface area contributed by atoms with Crippen LogP contribution in [0.25, 0.3) is 0 Å². The van der Waals surface area contributed by atoms with Gasteiger partial charge in [-0.05, 0) is 67.4 Å². The molecule has 1 saturated heterocycles. The highest BCUT2D eigenvalue weighted by Gasteiger charge is 2.36. The molecule has 3 aromatic rings. The first-order chi connectivity index (χ1) is 16.3. The molecule has 4 rings (SSSR count). The number of nitrogens with one attached hydrogen (secondary N) is 1. The van der Waals surface area contributed by atoms with Gasteiger partial charge in [-0.15, -0.1) is 0 Å². The van der Waals surface area contributed by atoms with Gasteiger partial charge in [0, 0.05) is 17.1 Å². The molecule has 2 amide bonds. The zero-order chi connectivity index (χ0) is 24.2. The summed E-state index contributed by atoms with van der Waals surface area (Å²) in [5.74, 6) is -0.848. The molecule has 5 nitrogen and oxygen atoms in total. The monoisotopic (exact) mass is 495 g/mol. The smallest absolute Gasteiger partial charge is 0.238 e. The van der Waals surface area contributed by atoms with Crippen LogP contribution in [0.3, 0.4) is 0 Å². The lowest BCUT2D eigenvalue weighted by Gasteiger charge is -2.32. The van der Waals surface area contributed by atoms with E-state index >= 15 is 0 Å². The molecule has 1 atom stereocenters. The van der Waals surface area contributed by atoms with Crippen LogP contribution < -0.4 is 5.32 Å².